The molecule has 0 spiro atoms. The Labute approximate surface area is 176 Å². The fourth-order valence-electron chi connectivity index (χ4n) is 2.82. The van der Waals surface area contributed by atoms with Crippen LogP contribution in [0.3, 0.4) is 0 Å². The molecule has 7 nitrogen and oxygen atoms in total. The first-order chi connectivity index (χ1) is 14.3. The first kappa shape index (κ1) is 21.3. The van der Waals surface area contributed by atoms with Crippen molar-refractivity contribution in [2.75, 3.05) is 10.8 Å². The monoisotopic (exact) mass is 425 g/mol. The Morgan fingerprint density at radius 2 is 1.77 bits per heavy atom. The molecule has 0 radical (unpaired) electrons. The molecule has 0 atom stereocenters. The lowest BCUT2D eigenvalue weighted by Gasteiger charge is -2.25. The largest absolute Gasteiger partial charge is 0.463 e. The van der Waals surface area contributed by atoms with Crippen LogP contribution in [-0.4, -0.2) is 27.1 Å². The Morgan fingerprint density at radius 1 is 1.07 bits per heavy atom. The zero-order valence-electron chi connectivity index (χ0n) is 17.0. The number of benzene rings is 2. The Hall–Kier alpha value is -3.39. The number of anilines is 1. The SMILES string of the molecule is Cc1ccc(S(=O)(=O)N(CC(=O)N/N=C\c2ccco2)c2cc(C)ccc2C)cc1. The number of amides is 1. The van der Waals surface area contributed by atoms with Gasteiger partial charge in [0, 0.05) is 0 Å². The van der Waals surface area contributed by atoms with E-state index < -0.39 is 22.5 Å². The van der Waals surface area contributed by atoms with Crippen LogP contribution in [0.1, 0.15) is 22.5 Å². The average Bonchev–Trinajstić information content (AvgIpc) is 3.22. The lowest BCUT2D eigenvalue weighted by Crippen LogP contribution is -2.40. The summed E-state index contributed by atoms with van der Waals surface area (Å²) in [4.78, 5) is 12.6. The van der Waals surface area contributed by atoms with Crippen molar-refractivity contribution < 1.29 is 17.6 Å². The number of nitrogens with one attached hydrogen (secondary N) is 1. The fraction of sp³-hybridized carbons (Fsp3) is 0.182. The van der Waals surface area contributed by atoms with Gasteiger partial charge >= 0.3 is 0 Å². The van der Waals surface area contributed by atoms with Gasteiger partial charge in [0.1, 0.15) is 12.3 Å². The number of hydrazone groups is 1. The van der Waals surface area contributed by atoms with Crippen LogP contribution in [0.15, 0.2) is 75.3 Å². The third kappa shape index (κ3) is 4.96. The Kier molecular flexibility index (Phi) is 6.37. The number of hydrogen-bond donors (Lipinski definition) is 1. The molecule has 0 fully saturated rings. The van der Waals surface area contributed by atoms with Crippen LogP contribution in [-0.2, 0) is 14.8 Å². The molecule has 0 aliphatic carbocycles. The Morgan fingerprint density at radius 3 is 2.43 bits per heavy atom. The topological polar surface area (TPSA) is 92.0 Å². The molecule has 1 amide bonds. The number of sulfonamides is 1. The van der Waals surface area contributed by atoms with Crippen LogP contribution in [0.4, 0.5) is 5.69 Å². The van der Waals surface area contributed by atoms with Gasteiger partial charge in [-0.2, -0.15) is 5.10 Å². The highest BCUT2D eigenvalue weighted by Crippen LogP contribution is 2.28. The summed E-state index contributed by atoms with van der Waals surface area (Å²) in [5.41, 5.74) is 5.36. The van der Waals surface area contributed by atoms with Crippen molar-refractivity contribution in [3.8, 4) is 0 Å². The van der Waals surface area contributed by atoms with Gasteiger partial charge in [0.2, 0.25) is 0 Å². The van der Waals surface area contributed by atoms with Gasteiger partial charge in [0.05, 0.1) is 23.1 Å². The molecule has 30 heavy (non-hydrogen) atoms. The van der Waals surface area contributed by atoms with Crippen LogP contribution in [0.5, 0.6) is 0 Å². The number of furan rings is 1. The molecule has 0 saturated carbocycles. The number of hydrogen-bond acceptors (Lipinski definition) is 5. The van der Waals surface area contributed by atoms with E-state index in [9.17, 15) is 13.2 Å². The minimum atomic E-state index is -3.97. The van der Waals surface area contributed by atoms with E-state index in [0.717, 1.165) is 21.0 Å². The molecule has 1 aromatic heterocycles. The van der Waals surface area contributed by atoms with Crippen LogP contribution >= 0.6 is 0 Å². The highest BCUT2D eigenvalue weighted by molar-refractivity contribution is 7.92. The maximum atomic E-state index is 13.4. The van der Waals surface area contributed by atoms with Gasteiger partial charge in [-0.1, -0.05) is 29.8 Å². The number of carbonyl (C=O) groups excluding carboxylic acids is 1. The zero-order chi connectivity index (χ0) is 21.7. The first-order valence-corrected chi connectivity index (χ1v) is 10.7. The predicted molar refractivity (Wildman–Crippen MR) is 116 cm³/mol. The summed E-state index contributed by atoms with van der Waals surface area (Å²) in [6.45, 7) is 5.13. The second-order valence-electron chi connectivity index (χ2n) is 6.92. The van der Waals surface area contributed by atoms with Crippen molar-refractivity contribution in [3.63, 3.8) is 0 Å². The van der Waals surface area contributed by atoms with Crippen LogP contribution in [0, 0.1) is 20.8 Å². The summed E-state index contributed by atoms with van der Waals surface area (Å²) in [6.07, 6.45) is 2.83. The first-order valence-electron chi connectivity index (χ1n) is 9.29. The molecule has 156 valence electrons. The van der Waals surface area contributed by atoms with Crippen molar-refractivity contribution in [2.24, 2.45) is 5.10 Å². The maximum absolute atomic E-state index is 13.4. The second-order valence-corrected chi connectivity index (χ2v) is 8.79. The van der Waals surface area contributed by atoms with Crippen molar-refractivity contribution in [3.05, 3.63) is 83.3 Å². The van der Waals surface area contributed by atoms with Gasteiger partial charge in [-0.15, -0.1) is 0 Å². The molecular formula is C22H23N3O4S. The molecule has 1 N–H and O–H groups in total. The molecule has 0 unspecified atom stereocenters. The van der Waals surface area contributed by atoms with E-state index >= 15 is 0 Å². The lowest BCUT2D eigenvalue weighted by molar-refractivity contribution is -0.119. The molecule has 8 heteroatoms. The fourth-order valence-corrected chi connectivity index (χ4v) is 4.30. The predicted octanol–water partition coefficient (Wildman–Crippen LogP) is 3.55. The van der Waals surface area contributed by atoms with E-state index in [4.69, 9.17) is 4.42 Å². The summed E-state index contributed by atoms with van der Waals surface area (Å²) < 4.78 is 33.0. The molecular weight excluding hydrogens is 402 g/mol. The van der Waals surface area contributed by atoms with E-state index in [1.807, 2.05) is 26.0 Å². The maximum Gasteiger partial charge on any atom is 0.264 e. The van der Waals surface area contributed by atoms with E-state index in [-0.39, 0.29) is 4.90 Å². The molecule has 2 aromatic carbocycles. The van der Waals surface area contributed by atoms with Crippen LogP contribution < -0.4 is 9.73 Å². The van der Waals surface area contributed by atoms with Crippen molar-refractivity contribution >= 4 is 27.8 Å². The van der Waals surface area contributed by atoms with Gasteiger partial charge in [0.25, 0.3) is 15.9 Å². The summed E-state index contributed by atoms with van der Waals surface area (Å²) in [6, 6.07) is 15.4. The minimum Gasteiger partial charge on any atom is -0.463 e. The number of carbonyl (C=O) groups is 1. The van der Waals surface area contributed by atoms with E-state index in [1.54, 1.807) is 37.3 Å². The summed E-state index contributed by atoms with van der Waals surface area (Å²) in [5, 5.41) is 3.83. The Balaban J connectivity index is 1.92. The molecule has 3 aromatic rings. The van der Waals surface area contributed by atoms with Gasteiger partial charge in [-0.05, 0) is 62.2 Å². The van der Waals surface area contributed by atoms with Crippen molar-refractivity contribution in [1.29, 1.82) is 0 Å². The van der Waals surface area contributed by atoms with Crippen molar-refractivity contribution in [1.82, 2.24) is 5.43 Å². The standard InChI is InChI=1S/C22H23N3O4S/c1-16-7-10-20(11-8-16)30(27,28)25(21-13-17(2)6-9-18(21)3)15-22(26)24-23-14-19-5-4-12-29-19/h4-14H,15H2,1-3H3,(H,24,26)/b23-14-. The number of nitrogens with zero attached hydrogens (tertiary/aromatic N) is 2. The van der Waals surface area contributed by atoms with Crippen LogP contribution in [0.25, 0.3) is 0 Å². The van der Waals surface area contributed by atoms with E-state index in [1.165, 1.54) is 24.6 Å². The Bertz CT molecular complexity index is 1150. The molecule has 3 rings (SSSR count). The second kappa shape index (κ2) is 8.96. The van der Waals surface area contributed by atoms with Gasteiger partial charge in [-0.3, -0.25) is 9.10 Å². The third-order valence-corrected chi connectivity index (χ3v) is 6.23. The quantitative estimate of drug-likeness (QED) is 0.463. The number of rotatable bonds is 7. The molecule has 1 heterocycles. The molecule has 0 aliphatic rings. The lowest BCUT2D eigenvalue weighted by atomic mass is 10.1. The summed E-state index contributed by atoms with van der Waals surface area (Å²) >= 11 is 0. The molecule has 0 aliphatic heterocycles. The normalized spacial score (nSPS) is 11.6. The van der Waals surface area contributed by atoms with E-state index in [2.05, 4.69) is 10.5 Å². The van der Waals surface area contributed by atoms with E-state index in [0.29, 0.717) is 11.4 Å². The number of aryl methyl sites for hydroxylation is 3. The smallest absolute Gasteiger partial charge is 0.264 e. The van der Waals surface area contributed by atoms with Gasteiger partial charge in [-0.25, -0.2) is 13.8 Å². The summed E-state index contributed by atoms with van der Waals surface area (Å²) in [7, 11) is -3.97. The highest BCUT2D eigenvalue weighted by Gasteiger charge is 2.28. The van der Waals surface area contributed by atoms with Gasteiger partial charge < -0.3 is 4.42 Å². The zero-order valence-corrected chi connectivity index (χ0v) is 17.8. The molecule has 0 saturated heterocycles. The van der Waals surface area contributed by atoms with Crippen LogP contribution in [0.2, 0.25) is 0 Å². The van der Waals surface area contributed by atoms with Crippen molar-refractivity contribution in [2.45, 2.75) is 25.7 Å². The minimum absolute atomic E-state index is 0.112. The summed E-state index contributed by atoms with van der Waals surface area (Å²) in [5.74, 6) is -0.108. The highest BCUT2D eigenvalue weighted by atomic mass is 32.2. The third-order valence-electron chi connectivity index (χ3n) is 4.45. The molecule has 0 bridgehead atoms. The van der Waals surface area contributed by atoms with Gasteiger partial charge in [0.15, 0.2) is 0 Å². The average molecular weight is 426 g/mol.